The molecule has 0 aliphatic carbocycles. The van der Waals surface area contributed by atoms with Gasteiger partial charge in [0.2, 0.25) is 0 Å². The van der Waals surface area contributed by atoms with E-state index in [-0.39, 0.29) is 5.91 Å². The Kier molecular flexibility index (Phi) is 6.32. The summed E-state index contributed by atoms with van der Waals surface area (Å²) in [5.74, 6) is -0.598. The number of piperazine rings is 1. The number of carbonyl (C=O) groups is 2. The smallest absolute Gasteiger partial charge is 0.267 e. The second-order valence-corrected chi connectivity index (χ2v) is 7.54. The molecule has 0 bridgehead atoms. The van der Waals surface area contributed by atoms with Gasteiger partial charge in [0.15, 0.2) is 0 Å². The lowest BCUT2D eigenvalue weighted by atomic mass is 10.1. The van der Waals surface area contributed by atoms with Gasteiger partial charge in [0.25, 0.3) is 11.8 Å². The number of anilines is 1. The molecule has 1 fully saturated rings. The van der Waals surface area contributed by atoms with Crippen LogP contribution in [-0.2, 0) is 4.79 Å². The first-order valence-corrected chi connectivity index (χ1v) is 10.4. The molecule has 4 rings (SSSR count). The quantitative estimate of drug-likeness (QED) is 0.368. The number of carbonyl (C=O) groups excluding carboxylic acids is 2. The molecular formula is C24H25N5O3. The monoisotopic (exact) mass is 431 g/mol. The molecule has 2 aromatic carbocycles. The maximum absolute atomic E-state index is 13.2. The molecule has 8 heteroatoms. The van der Waals surface area contributed by atoms with Crippen molar-refractivity contribution in [2.75, 3.05) is 31.1 Å². The molecule has 1 saturated heterocycles. The predicted octanol–water partition coefficient (Wildman–Crippen LogP) is 2.66. The maximum atomic E-state index is 13.2. The van der Waals surface area contributed by atoms with Crippen LogP contribution in [0.5, 0.6) is 0 Å². The fourth-order valence-corrected chi connectivity index (χ4v) is 3.89. The van der Waals surface area contributed by atoms with Crippen LogP contribution < -0.4 is 10.4 Å². The predicted molar refractivity (Wildman–Crippen MR) is 122 cm³/mol. The molecule has 2 N–H and O–H groups in total. The summed E-state index contributed by atoms with van der Waals surface area (Å²) in [7, 11) is 0. The molecule has 0 saturated carbocycles. The highest BCUT2D eigenvalue weighted by Gasteiger charge is 2.25. The number of para-hydroxylation sites is 2. The van der Waals surface area contributed by atoms with Crippen LogP contribution in [0.2, 0.25) is 0 Å². The average molecular weight is 431 g/mol. The maximum Gasteiger partial charge on any atom is 0.267 e. The van der Waals surface area contributed by atoms with E-state index < -0.39 is 5.91 Å². The number of hydrogen-bond acceptors (Lipinski definition) is 5. The van der Waals surface area contributed by atoms with Gasteiger partial charge in [-0.3, -0.25) is 14.8 Å². The number of nitrogens with one attached hydrogen (secondary N) is 1. The van der Waals surface area contributed by atoms with Gasteiger partial charge in [0.05, 0.1) is 23.1 Å². The summed E-state index contributed by atoms with van der Waals surface area (Å²) >= 11 is 0. The van der Waals surface area contributed by atoms with E-state index in [9.17, 15) is 9.59 Å². The first-order chi connectivity index (χ1) is 15.6. The van der Waals surface area contributed by atoms with Gasteiger partial charge < -0.3 is 9.80 Å². The Morgan fingerprint density at radius 2 is 1.69 bits per heavy atom. The Bertz CT molecular complexity index is 1130. The lowest BCUT2D eigenvalue weighted by Crippen LogP contribution is -2.49. The van der Waals surface area contributed by atoms with Crippen molar-refractivity contribution >= 4 is 23.6 Å². The molecule has 3 aromatic rings. The first kappa shape index (κ1) is 21.3. The van der Waals surface area contributed by atoms with Gasteiger partial charge in [-0.15, -0.1) is 0 Å². The van der Waals surface area contributed by atoms with Crippen LogP contribution in [0.4, 0.5) is 5.69 Å². The van der Waals surface area contributed by atoms with Crippen LogP contribution in [0.25, 0.3) is 11.8 Å². The summed E-state index contributed by atoms with van der Waals surface area (Å²) in [6.07, 6.45) is 4.59. The minimum Gasteiger partial charge on any atom is -0.367 e. The number of amides is 2. The van der Waals surface area contributed by atoms with E-state index in [1.54, 1.807) is 22.4 Å². The van der Waals surface area contributed by atoms with E-state index in [2.05, 4.69) is 10.00 Å². The Balaban J connectivity index is 1.45. The number of benzene rings is 2. The Morgan fingerprint density at radius 1 is 1.00 bits per heavy atom. The van der Waals surface area contributed by atoms with Crippen molar-refractivity contribution in [1.29, 1.82) is 0 Å². The molecule has 1 aliphatic rings. The van der Waals surface area contributed by atoms with Crippen molar-refractivity contribution in [3.63, 3.8) is 0 Å². The Hall–Kier alpha value is -3.91. The van der Waals surface area contributed by atoms with Gasteiger partial charge in [0, 0.05) is 37.9 Å². The van der Waals surface area contributed by atoms with Gasteiger partial charge in [-0.2, -0.15) is 5.10 Å². The van der Waals surface area contributed by atoms with E-state index in [1.165, 1.54) is 6.08 Å². The lowest BCUT2D eigenvalue weighted by Gasteiger charge is -2.36. The summed E-state index contributed by atoms with van der Waals surface area (Å²) < 4.78 is 1.79. The normalized spacial score (nSPS) is 14.1. The zero-order valence-corrected chi connectivity index (χ0v) is 17.8. The molecular weight excluding hydrogens is 406 g/mol. The first-order valence-electron chi connectivity index (χ1n) is 10.4. The molecule has 8 nitrogen and oxygen atoms in total. The highest BCUT2D eigenvalue weighted by atomic mass is 16.5. The molecule has 0 radical (unpaired) electrons. The van der Waals surface area contributed by atoms with Crippen LogP contribution in [0, 0.1) is 6.92 Å². The molecule has 0 unspecified atom stereocenters. The topological polar surface area (TPSA) is 90.7 Å². The second kappa shape index (κ2) is 9.49. The number of hydrogen-bond donors (Lipinski definition) is 2. The van der Waals surface area contributed by atoms with E-state index in [4.69, 9.17) is 5.21 Å². The van der Waals surface area contributed by atoms with Crippen molar-refractivity contribution in [2.24, 2.45) is 0 Å². The van der Waals surface area contributed by atoms with Gasteiger partial charge in [0.1, 0.15) is 0 Å². The summed E-state index contributed by atoms with van der Waals surface area (Å²) in [6.45, 7) is 4.44. The molecule has 164 valence electrons. The zero-order chi connectivity index (χ0) is 22.5. The highest BCUT2D eigenvalue weighted by molar-refractivity contribution is 5.95. The Labute approximate surface area is 186 Å². The third-order valence-electron chi connectivity index (χ3n) is 5.61. The van der Waals surface area contributed by atoms with Crippen molar-refractivity contribution < 1.29 is 14.8 Å². The number of hydroxylamine groups is 1. The summed E-state index contributed by atoms with van der Waals surface area (Å²) in [6, 6.07) is 17.5. The van der Waals surface area contributed by atoms with E-state index >= 15 is 0 Å². The van der Waals surface area contributed by atoms with Crippen LogP contribution in [0.1, 0.15) is 21.6 Å². The third kappa shape index (κ3) is 4.40. The number of nitrogens with zero attached hydrogens (tertiary/aromatic N) is 4. The molecule has 0 spiro atoms. The fraction of sp³-hybridized carbons (Fsp3) is 0.208. The van der Waals surface area contributed by atoms with Crippen molar-refractivity contribution in [1.82, 2.24) is 20.2 Å². The summed E-state index contributed by atoms with van der Waals surface area (Å²) in [5, 5.41) is 13.1. The number of aromatic nitrogens is 2. The van der Waals surface area contributed by atoms with Gasteiger partial charge in [-0.25, -0.2) is 10.2 Å². The minimum absolute atomic E-state index is 0.0165. The zero-order valence-electron chi connectivity index (χ0n) is 17.8. The largest absolute Gasteiger partial charge is 0.367 e. The Morgan fingerprint density at radius 3 is 2.41 bits per heavy atom. The van der Waals surface area contributed by atoms with Gasteiger partial charge >= 0.3 is 0 Å². The molecule has 32 heavy (non-hydrogen) atoms. The van der Waals surface area contributed by atoms with E-state index in [0.29, 0.717) is 31.7 Å². The van der Waals surface area contributed by atoms with Crippen molar-refractivity contribution in [2.45, 2.75) is 6.92 Å². The SMILES string of the molecule is Cc1c(C(=O)N2CCN(c3ccccc3C=CC(=O)NO)CC2)cnn1-c1ccccc1. The third-order valence-corrected chi connectivity index (χ3v) is 5.61. The van der Waals surface area contributed by atoms with E-state index in [1.807, 2.05) is 66.4 Å². The van der Waals surface area contributed by atoms with Crippen LogP contribution in [-0.4, -0.2) is 57.9 Å². The van der Waals surface area contributed by atoms with Crippen molar-refractivity contribution in [3.8, 4) is 5.69 Å². The van der Waals surface area contributed by atoms with E-state index in [0.717, 1.165) is 22.6 Å². The van der Waals surface area contributed by atoms with Crippen LogP contribution in [0.15, 0.2) is 66.9 Å². The van der Waals surface area contributed by atoms with Gasteiger partial charge in [-0.05, 0) is 36.8 Å². The van der Waals surface area contributed by atoms with Crippen LogP contribution in [0.3, 0.4) is 0 Å². The fourth-order valence-electron chi connectivity index (χ4n) is 3.89. The minimum atomic E-state index is -0.582. The lowest BCUT2D eigenvalue weighted by molar-refractivity contribution is -0.124. The molecule has 0 atom stereocenters. The molecule has 2 heterocycles. The summed E-state index contributed by atoms with van der Waals surface area (Å²) in [4.78, 5) is 28.5. The number of rotatable bonds is 5. The van der Waals surface area contributed by atoms with Crippen LogP contribution >= 0.6 is 0 Å². The average Bonchev–Trinajstić information content (AvgIpc) is 3.24. The highest BCUT2D eigenvalue weighted by Crippen LogP contribution is 2.24. The second-order valence-electron chi connectivity index (χ2n) is 7.54. The van der Waals surface area contributed by atoms with Crippen molar-refractivity contribution in [3.05, 3.63) is 83.7 Å². The molecule has 2 amide bonds. The van der Waals surface area contributed by atoms with Gasteiger partial charge in [-0.1, -0.05) is 36.4 Å². The standard InChI is InChI=1S/C24H25N5O3/c1-18-21(17-25-29(18)20-8-3-2-4-9-20)24(31)28-15-13-27(14-16-28)22-10-6-5-7-19(22)11-12-23(30)26-32/h2-12,17,32H,13-16H2,1H3,(H,26,30). The molecule has 1 aliphatic heterocycles. The molecule has 1 aromatic heterocycles. The summed E-state index contributed by atoms with van der Waals surface area (Å²) in [5.41, 5.74) is 5.80.